The number of carbonyl (C=O) groups excluding carboxylic acids is 2. The molecule has 0 aliphatic carbocycles. The number of carbonyl (C=O) groups is 2. The molecule has 0 saturated carbocycles. The summed E-state index contributed by atoms with van der Waals surface area (Å²) in [5.41, 5.74) is 0. The number of nitrogens with one attached hydrogen (secondary N) is 2. The Morgan fingerprint density at radius 1 is 1.30 bits per heavy atom. The minimum Gasteiger partial charge on any atom is -0.469 e. The van der Waals surface area contributed by atoms with E-state index in [1.54, 1.807) is 11.4 Å². The Balaban J connectivity index is 2.24. The summed E-state index contributed by atoms with van der Waals surface area (Å²) in [6.45, 7) is 0.174. The molecule has 0 aliphatic rings. The quantitative estimate of drug-likeness (QED) is 0.661. The van der Waals surface area contributed by atoms with Gasteiger partial charge in [-0.2, -0.15) is 0 Å². The van der Waals surface area contributed by atoms with Crippen molar-refractivity contribution in [1.82, 2.24) is 10.0 Å². The summed E-state index contributed by atoms with van der Waals surface area (Å²) in [6, 6.07) is 3.13. The fourth-order valence-corrected chi connectivity index (χ4v) is 3.35. The summed E-state index contributed by atoms with van der Waals surface area (Å²) in [7, 11) is -2.27. The van der Waals surface area contributed by atoms with Gasteiger partial charge in [0.05, 0.1) is 13.5 Å². The average Bonchev–Trinajstić information content (AvgIpc) is 2.93. The average molecular weight is 320 g/mol. The number of sulfonamides is 1. The molecule has 0 aliphatic heterocycles. The largest absolute Gasteiger partial charge is 0.469 e. The van der Waals surface area contributed by atoms with Crippen LogP contribution >= 0.6 is 11.3 Å². The molecule has 0 fully saturated rings. The number of thiophene rings is 1. The molecule has 0 aromatic carbocycles. The van der Waals surface area contributed by atoms with Crippen LogP contribution in [0.2, 0.25) is 0 Å². The van der Waals surface area contributed by atoms with Gasteiger partial charge in [-0.15, -0.1) is 11.3 Å². The van der Waals surface area contributed by atoms with Gasteiger partial charge >= 0.3 is 5.97 Å². The van der Waals surface area contributed by atoms with Crippen molar-refractivity contribution in [2.75, 3.05) is 20.2 Å². The van der Waals surface area contributed by atoms with E-state index in [-0.39, 0.29) is 36.0 Å². The van der Waals surface area contributed by atoms with Gasteiger partial charge in [0.2, 0.25) is 15.9 Å². The van der Waals surface area contributed by atoms with E-state index in [0.717, 1.165) is 11.3 Å². The van der Waals surface area contributed by atoms with Crippen molar-refractivity contribution in [1.29, 1.82) is 0 Å². The number of hydrogen-bond donors (Lipinski definition) is 2. The molecule has 0 atom stereocenters. The zero-order valence-corrected chi connectivity index (χ0v) is 12.6. The van der Waals surface area contributed by atoms with Crippen LogP contribution < -0.4 is 10.0 Å². The number of esters is 1. The van der Waals surface area contributed by atoms with Gasteiger partial charge in [0, 0.05) is 19.5 Å². The topological polar surface area (TPSA) is 102 Å². The fourth-order valence-electron chi connectivity index (χ4n) is 1.28. The molecular formula is C11H16N2O5S2. The molecule has 0 spiro atoms. The molecule has 9 heteroatoms. The Morgan fingerprint density at radius 3 is 2.65 bits per heavy atom. The van der Waals surface area contributed by atoms with E-state index < -0.39 is 16.0 Å². The van der Waals surface area contributed by atoms with Gasteiger partial charge in [-0.05, 0) is 11.4 Å². The maximum Gasteiger partial charge on any atom is 0.307 e. The lowest BCUT2D eigenvalue weighted by Gasteiger charge is -2.06. The fraction of sp³-hybridized carbons (Fsp3) is 0.455. The highest BCUT2D eigenvalue weighted by Gasteiger charge is 2.14. The van der Waals surface area contributed by atoms with Gasteiger partial charge in [-0.25, -0.2) is 13.1 Å². The Kier molecular flexibility index (Phi) is 6.62. The summed E-state index contributed by atoms with van der Waals surface area (Å²) in [6.07, 6.45) is 0.0922. The molecule has 1 aromatic heterocycles. The van der Waals surface area contributed by atoms with Crippen molar-refractivity contribution in [2.45, 2.75) is 17.1 Å². The standard InChI is InChI=1S/C11H16N2O5S2/c1-18-10(15)5-6-12-9(14)4-7-13-20(16,17)11-3-2-8-19-11/h2-3,8,13H,4-7H2,1H3,(H,12,14). The summed E-state index contributed by atoms with van der Waals surface area (Å²) >= 11 is 1.11. The Bertz CT molecular complexity index is 539. The first-order valence-corrected chi connectivity index (χ1v) is 8.18. The first kappa shape index (κ1) is 16.6. The van der Waals surface area contributed by atoms with Crippen LogP contribution in [0.4, 0.5) is 0 Å². The first-order valence-electron chi connectivity index (χ1n) is 5.82. The molecule has 0 radical (unpaired) electrons. The molecule has 0 unspecified atom stereocenters. The van der Waals surface area contributed by atoms with Crippen LogP contribution in [0, 0.1) is 0 Å². The summed E-state index contributed by atoms with van der Waals surface area (Å²) in [5, 5.41) is 4.16. The predicted molar refractivity (Wildman–Crippen MR) is 73.8 cm³/mol. The molecule has 20 heavy (non-hydrogen) atoms. The number of ether oxygens (including phenoxy) is 1. The maximum atomic E-state index is 11.7. The van der Waals surface area contributed by atoms with E-state index in [4.69, 9.17) is 0 Å². The summed E-state index contributed by atoms with van der Waals surface area (Å²) in [5.74, 6) is -0.744. The second-order valence-corrected chi connectivity index (χ2v) is 6.70. The highest BCUT2D eigenvalue weighted by molar-refractivity contribution is 7.91. The summed E-state index contributed by atoms with van der Waals surface area (Å²) < 4.78 is 30.4. The Labute approximate surface area is 121 Å². The van der Waals surface area contributed by atoms with E-state index in [0.29, 0.717) is 0 Å². The third kappa shape index (κ3) is 5.68. The molecule has 2 N–H and O–H groups in total. The van der Waals surface area contributed by atoms with Crippen molar-refractivity contribution >= 4 is 33.2 Å². The lowest BCUT2D eigenvalue weighted by molar-refractivity contribution is -0.140. The lowest BCUT2D eigenvalue weighted by Crippen LogP contribution is -2.31. The van der Waals surface area contributed by atoms with E-state index >= 15 is 0 Å². The SMILES string of the molecule is COC(=O)CCNC(=O)CCNS(=O)(=O)c1cccs1. The molecule has 7 nitrogen and oxygen atoms in total. The number of rotatable bonds is 8. The smallest absolute Gasteiger partial charge is 0.307 e. The molecule has 1 aromatic rings. The number of methoxy groups -OCH3 is 1. The number of amides is 1. The van der Waals surface area contributed by atoms with Crippen LogP contribution in [0.5, 0.6) is 0 Å². The predicted octanol–water partition coefficient (Wildman–Crippen LogP) is 0.0958. The van der Waals surface area contributed by atoms with Crippen LogP contribution in [0.25, 0.3) is 0 Å². The van der Waals surface area contributed by atoms with Gasteiger partial charge in [0.25, 0.3) is 0 Å². The minimum absolute atomic E-state index is 0.00426. The molecule has 1 rings (SSSR count). The molecular weight excluding hydrogens is 304 g/mol. The second kappa shape index (κ2) is 7.98. The molecule has 112 valence electrons. The highest BCUT2D eigenvalue weighted by atomic mass is 32.2. The van der Waals surface area contributed by atoms with Crippen LogP contribution in [0.3, 0.4) is 0 Å². The maximum absolute atomic E-state index is 11.7. The summed E-state index contributed by atoms with van der Waals surface area (Å²) in [4.78, 5) is 22.2. The monoisotopic (exact) mass is 320 g/mol. The molecule has 0 saturated heterocycles. The van der Waals surface area contributed by atoms with Crippen molar-refractivity contribution < 1.29 is 22.7 Å². The second-order valence-electron chi connectivity index (χ2n) is 3.76. The van der Waals surface area contributed by atoms with Crippen molar-refractivity contribution in [3.63, 3.8) is 0 Å². The normalized spacial score (nSPS) is 11.1. The molecule has 0 bridgehead atoms. The van der Waals surface area contributed by atoms with Crippen LogP contribution in [0.1, 0.15) is 12.8 Å². The van der Waals surface area contributed by atoms with Crippen LogP contribution in [-0.2, 0) is 24.3 Å². The highest BCUT2D eigenvalue weighted by Crippen LogP contribution is 2.14. The van der Waals surface area contributed by atoms with E-state index in [1.807, 2.05) is 0 Å². The first-order chi connectivity index (χ1) is 9.45. The van der Waals surface area contributed by atoms with Crippen molar-refractivity contribution in [2.24, 2.45) is 0 Å². The van der Waals surface area contributed by atoms with Crippen molar-refractivity contribution in [3.8, 4) is 0 Å². The van der Waals surface area contributed by atoms with E-state index in [2.05, 4.69) is 14.8 Å². The van der Waals surface area contributed by atoms with Gasteiger partial charge in [0.1, 0.15) is 4.21 Å². The Hall–Kier alpha value is -1.45. The third-order valence-corrected chi connectivity index (χ3v) is 5.14. The lowest BCUT2D eigenvalue weighted by atomic mass is 10.4. The van der Waals surface area contributed by atoms with Crippen LogP contribution in [-0.4, -0.2) is 40.5 Å². The van der Waals surface area contributed by atoms with Crippen LogP contribution in [0.15, 0.2) is 21.7 Å². The van der Waals surface area contributed by atoms with E-state index in [1.165, 1.54) is 13.2 Å². The third-order valence-electron chi connectivity index (χ3n) is 2.28. The van der Waals surface area contributed by atoms with Gasteiger partial charge in [-0.3, -0.25) is 9.59 Å². The molecule has 1 amide bonds. The Morgan fingerprint density at radius 2 is 2.05 bits per heavy atom. The number of hydrogen-bond acceptors (Lipinski definition) is 6. The zero-order valence-electron chi connectivity index (χ0n) is 10.9. The van der Waals surface area contributed by atoms with Gasteiger partial charge < -0.3 is 10.1 Å². The van der Waals surface area contributed by atoms with Gasteiger partial charge in [-0.1, -0.05) is 6.07 Å². The van der Waals surface area contributed by atoms with Crippen molar-refractivity contribution in [3.05, 3.63) is 17.5 Å². The zero-order chi connectivity index (χ0) is 15.0. The molecule has 1 heterocycles. The minimum atomic E-state index is -3.54. The van der Waals surface area contributed by atoms with E-state index in [9.17, 15) is 18.0 Å². The van der Waals surface area contributed by atoms with Gasteiger partial charge in [0.15, 0.2) is 0 Å².